The van der Waals surface area contributed by atoms with Gasteiger partial charge in [0, 0.05) is 0 Å². The summed E-state index contributed by atoms with van der Waals surface area (Å²) in [4.78, 5) is 11.3. The van der Waals surface area contributed by atoms with E-state index in [1.165, 1.54) is 0 Å². The van der Waals surface area contributed by atoms with E-state index in [1.54, 1.807) is 13.8 Å². The minimum atomic E-state index is -0.758. The van der Waals surface area contributed by atoms with E-state index in [9.17, 15) is 4.79 Å². The molecule has 3 N–H and O–H groups in total. The van der Waals surface area contributed by atoms with Gasteiger partial charge in [-0.3, -0.25) is 4.79 Å². The Bertz CT molecular complexity index is 178. The van der Waals surface area contributed by atoms with Gasteiger partial charge in [0.1, 0.15) is 0 Å². The number of hydrogen-bond acceptors (Lipinski definition) is 5. The van der Waals surface area contributed by atoms with Crippen LogP contribution >= 0.6 is 0 Å². The molecule has 0 aromatic rings. The fraction of sp³-hybridized carbons (Fsp3) is 0.917. The average molecular weight is 250 g/mol. The molecule has 0 unspecified atom stereocenters. The van der Waals surface area contributed by atoms with Crippen molar-refractivity contribution in [2.45, 2.75) is 40.0 Å². The molecule has 0 aromatic heterocycles. The zero-order chi connectivity index (χ0) is 13.7. The molecule has 0 heterocycles. The van der Waals surface area contributed by atoms with E-state index in [0.29, 0.717) is 6.61 Å². The smallest absolute Gasteiger partial charge is 0.313 e. The molecule has 0 aliphatic rings. The van der Waals surface area contributed by atoms with Gasteiger partial charge in [-0.15, -0.1) is 0 Å². The normalized spacial score (nSPS) is 10.5. The van der Waals surface area contributed by atoms with E-state index < -0.39 is 5.41 Å². The lowest BCUT2D eigenvalue weighted by Gasteiger charge is -2.19. The van der Waals surface area contributed by atoms with Crippen molar-refractivity contribution in [2.24, 2.45) is 5.41 Å². The van der Waals surface area contributed by atoms with Crippen molar-refractivity contribution >= 4 is 5.97 Å². The number of unbranched alkanes of at least 4 members (excludes halogenated alkanes) is 2. The van der Waals surface area contributed by atoms with E-state index in [-0.39, 0.29) is 25.8 Å². The quantitative estimate of drug-likeness (QED) is 0.457. The number of aliphatic hydroxyl groups excluding tert-OH is 3. The first-order valence-corrected chi connectivity index (χ1v) is 5.96. The van der Waals surface area contributed by atoms with E-state index in [0.717, 1.165) is 19.3 Å². The number of rotatable bonds is 7. The second-order valence-corrected chi connectivity index (χ2v) is 4.33. The SMILES string of the molecule is CCCCCOC(=O)C(C)(C)CO.OCCO. The lowest BCUT2D eigenvalue weighted by atomic mass is 9.95. The topological polar surface area (TPSA) is 87.0 Å². The highest BCUT2D eigenvalue weighted by molar-refractivity contribution is 5.75. The minimum absolute atomic E-state index is 0.125. The fourth-order valence-electron chi connectivity index (χ4n) is 0.777. The van der Waals surface area contributed by atoms with E-state index >= 15 is 0 Å². The summed E-state index contributed by atoms with van der Waals surface area (Å²) in [6.07, 6.45) is 3.09. The van der Waals surface area contributed by atoms with Gasteiger partial charge in [-0.25, -0.2) is 0 Å². The number of hydrogen-bond donors (Lipinski definition) is 3. The fourth-order valence-corrected chi connectivity index (χ4v) is 0.777. The molecule has 0 amide bonds. The molecule has 0 rings (SSSR count). The molecule has 5 heteroatoms. The maximum atomic E-state index is 11.3. The van der Waals surface area contributed by atoms with Crippen molar-refractivity contribution in [3.8, 4) is 0 Å². The van der Waals surface area contributed by atoms with E-state index in [4.69, 9.17) is 20.1 Å². The molecular formula is C12H26O5. The maximum Gasteiger partial charge on any atom is 0.313 e. The monoisotopic (exact) mass is 250 g/mol. The Kier molecular flexibility index (Phi) is 13.0. The van der Waals surface area contributed by atoms with Gasteiger partial charge in [0.25, 0.3) is 0 Å². The van der Waals surface area contributed by atoms with Crippen LogP contribution in [0.25, 0.3) is 0 Å². The highest BCUT2D eigenvalue weighted by Gasteiger charge is 2.28. The summed E-state index contributed by atoms with van der Waals surface area (Å²) in [5.74, 6) is -0.314. The lowest BCUT2D eigenvalue weighted by molar-refractivity contribution is -0.156. The summed E-state index contributed by atoms with van der Waals surface area (Å²) >= 11 is 0. The Morgan fingerprint density at radius 3 is 2.00 bits per heavy atom. The van der Waals surface area contributed by atoms with Gasteiger partial charge in [-0.2, -0.15) is 0 Å². The Labute approximate surface area is 103 Å². The third kappa shape index (κ3) is 11.6. The van der Waals surface area contributed by atoms with Crippen LogP contribution < -0.4 is 0 Å². The average Bonchev–Trinajstić information content (AvgIpc) is 2.34. The molecule has 0 spiro atoms. The summed E-state index contributed by atoms with van der Waals surface area (Å²) in [5.41, 5.74) is -0.758. The van der Waals surface area contributed by atoms with Crippen LogP contribution in [-0.4, -0.2) is 47.7 Å². The molecule has 0 atom stereocenters. The van der Waals surface area contributed by atoms with Crippen molar-refractivity contribution in [3.63, 3.8) is 0 Å². The molecule has 0 saturated heterocycles. The Morgan fingerprint density at radius 1 is 1.12 bits per heavy atom. The van der Waals surface area contributed by atoms with Crippen LogP contribution in [0.1, 0.15) is 40.0 Å². The van der Waals surface area contributed by atoms with Crippen LogP contribution in [0.3, 0.4) is 0 Å². The highest BCUT2D eigenvalue weighted by Crippen LogP contribution is 2.15. The van der Waals surface area contributed by atoms with Crippen LogP contribution in [0.15, 0.2) is 0 Å². The molecule has 17 heavy (non-hydrogen) atoms. The zero-order valence-electron chi connectivity index (χ0n) is 11.1. The molecule has 0 aromatic carbocycles. The third-order valence-electron chi connectivity index (χ3n) is 2.03. The van der Waals surface area contributed by atoms with E-state index in [2.05, 4.69) is 6.92 Å². The Hall–Kier alpha value is -0.650. The first kappa shape index (κ1) is 18.7. The third-order valence-corrected chi connectivity index (χ3v) is 2.03. The summed E-state index contributed by atoms with van der Waals surface area (Å²) in [6.45, 7) is 5.50. The second-order valence-electron chi connectivity index (χ2n) is 4.33. The summed E-state index contributed by atoms with van der Waals surface area (Å²) < 4.78 is 5.00. The van der Waals surface area contributed by atoms with Gasteiger partial charge in [-0.05, 0) is 20.3 Å². The van der Waals surface area contributed by atoms with Crippen LogP contribution in [-0.2, 0) is 9.53 Å². The molecule has 0 radical (unpaired) electrons. The summed E-state index contributed by atoms with van der Waals surface area (Å²) in [7, 11) is 0. The first-order valence-electron chi connectivity index (χ1n) is 5.96. The Balaban J connectivity index is 0. The standard InChI is InChI=1S/C10H20O3.C2H6O2/c1-4-5-6-7-13-9(12)10(2,3)8-11;3-1-2-4/h11H,4-8H2,1-3H3;3-4H,1-2H2. The van der Waals surface area contributed by atoms with Gasteiger partial charge in [-0.1, -0.05) is 19.8 Å². The van der Waals surface area contributed by atoms with Gasteiger partial charge in [0.2, 0.25) is 0 Å². The molecule has 0 saturated carbocycles. The van der Waals surface area contributed by atoms with Crippen LogP contribution in [0, 0.1) is 5.41 Å². The molecule has 0 aliphatic carbocycles. The van der Waals surface area contributed by atoms with Crippen molar-refractivity contribution in [1.29, 1.82) is 0 Å². The van der Waals surface area contributed by atoms with Crippen molar-refractivity contribution < 1.29 is 24.9 Å². The van der Waals surface area contributed by atoms with Crippen LogP contribution in [0.5, 0.6) is 0 Å². The Morgan fingerprint density at radius 2 is 1.65 bits per heavy atom. The predicted molar refractivity (Wildman–Crippen MR) is 65.5 cm³/mol. The zero-order valence-corrected chi connectivity index (χ0v) is 11.1. The van der Waals surface area contributed by atoms with Crippen molar-refractivity contribution in [3.05, 3.63) is 0 Å². The van der Waals surface area contributed by atoms with E-state index in [1.807, 2.05) is 0 Å². The largest absolute Gasteiger partial charge is 0.465 e. The lowest BCUT2D eigenvalue weighted by Crippen LogP contribution is -2.30. The molecular weight excluding hydrogens is 224 g/mol. The molecule has 0 bridgehead atoms. The van der Waals surface area contributed by atoms with Gasteiger partial charge < -0.3 is 20.1 Å². The van der Waals surface area contributed by atoms with Crippen LogP contribution in [0.2, 0.25) is 0 Å². The molecule has 104 valence electrons. The minimum Gasteiger partial charge on any atom is -0.465 e. The van der Waals surface area contributed by atoms with Gasteiger partial charge in [0.15, 0.2) is 0 Å². The predicted octanol–water partition coefficient (Wildman–Crippen LogP) is 0.709. The molecule has 0 aliphatic heterocycles. The number of ether oxygens (including phenoxy) is 1. The molecule has 0 fully saturated rings. The van der Waals surface area contributed by atoms with Crippen molar-refractivity contribution in [2.75, 3.05) is 26.4 Å². The summed E-state index contributed by atoms with van der Waals surface area (Å²) in [6, 6.07) is 0. The number of carbonyl (C=O) groups is 1. The van der Waals surface area contributed by atoms with Crippen LogP contribution in [0.4, 0.5) is 0 Å². The first-order chi connectivity index (χ1) is 7.96. The van der Waals surface area contributed by atoms with Gasteiger partial charge in [0.05, 0.1) is 31.8 Å². The highest BCUT2D eigenvalue weighted by atomic mass is 16.5. The molecule has 5 nitrogen and oxygen atoms in total. The number of aliphatic hydroxyl groups is 3. The maximum absolute atomic E-state index is 11.3. The van der Waals surface area contributed by atoms with Gasteiger partial charge >= 0.3 is 5.97 Å². The van der Waals surface area contributed by atoms with Crippen molar-refractivity contribution in [1.82, 2.24) is 0 Å². The summed E-state index contributed by atoms with van der Waals surface area (Å²) in [5, 5.41) is 24.1. The number of carbonyl (C=O) groups excluding carboxylic acids is 1. The second kappa shape index (κ2) is 11.8. The number of esters is 1.